The highest BCUT2D eigenvalue weighted by Gasteiger charge is 2.10. The van der Waals surface area contributed by atoms with Crippen LogP contribution in [0.4, 0.5) is 0 Å². The van der Waals surface area contributed by atoms with Crippen molar-refractivity contribution in [2.75, 3.05) is 19.8 Å². The molecule has 0 atom stereocenters. The number of aromatic amines is 1. The number of halogens is 1. The Balaban J connectivity index is 0.00000280. The van der Waals surface area contributed by atoms with Crippen molar-refractivity contribution in [3.8, 4) is 11.6 Å². The molecule has 0 aliphatic heterocycles. The lowest BCUT2D eigenvalue weighted by atomic mass is 10.2. The third-order valence-corrected chi connectivity index (χ3v) is 4.67. The van der Waals surface area contributed by atoms with E-state index in [0.29, 0.717) is 24.0 Å². The zero-order valence-electron chi connectivity index (χ0n) is 16.2. The molecule has 150 valence electrons. The SMILES string of the molecule is CCNC(=NCc1nc(-c2ccco2)n[nH]1)N(C)Cc1ccc(SC)cc1.I. The zero-order chi connectivity index (χ0) is 19.1. The van der Waals surface area contributed by atoms with Gasteiger partial charge in [0, 0.05) is 25.0 Å². The molecule has 0 bridgehead atoms. The second-order valence-corrected chi connectivity index (χ2v) is 6.84. The minimum absolute atomic E-state index is 0. The van der Waals surface area contributed by atoms with Crippen LogP contribution in [0.3, 0.4) is 0 Å². The van der Waals surface area contributed by atoms with Crippen molar-refractivity contribution in [3.05, 3.63) is 54.0 Å². The van der Waals surface area contributed by atoms with E-state index < -0.39 is 0 Å². The van der Waals surface area contributed by atoms with E-state index in [-0.39, 0.29) is 24.0 Å². The number of aromatic nitrogens is 3. The predicted octanol–water partition coefficient (Wildman–Crippen LogP) is 4.00. The molecule has 0 aliphatic rings. The molecule has 0 radical (unpaired) electrons. The average molecular weight is 512 g/mol. The molecule has 0 amide bonds. The van der Waals surface area contributed by atoms with Crippen molar-refractivity contribution in [1.82, 2.24) is 25.4 Å². The first-order valence-corrected chi connectivity index (χ1v) is 9.99. The van der Waals surface area contributed by atoms with Gasteiger partial charge in [-0.2, -0.15) is 0 Å². The second kappa shape index (κ2) is 11.1. The molecule has 0 saturated heterocycles. The summed E-state index contributed by atoms with van der Waals surface area (Å²) in [6, 6.07) is 12.2. The minimum Gasteiger partial charge on any atom is -0.461 e. The Labute approximate surface area is 186 Å². The standard InChI is InChI=1S/C19H24N6OS.HI/c1-4-20-19(25(2)13-14-7-9-15(27-3)10-8-14)21-12-17-22-18(24-23-17)16-6-5-11-26-16;/h5-11H,4,12-13H2,1-3H3,(H,20,21)(H,22,23,24);1H. The summed E-state index contributed by atoms with van der Waals surface area (Å²) in [7, 11) is 2.03. The molecule has 28 heavy (non-hydrogen) atoms. The van der Waals surface area contributed by atoms with E-state index in [4.69, 9.17) is 4.42 Å². The van der Waals surface area contributed by atoms with Crippen LogP contribution >= 0.6 is 35.7 Å². The molecule has 2 heterocycles. The fourth-order valence-electron chi connectivity index (χ4n) is 2.58. The molecule has 0 spiro atoms. The Kier molecular flexibility index (Phi) is 8.84. The lowest BCUT2D eigenvalue weighted by molar-refractivity contribution is 0.476. The van der Waals surface area contributed by atoms with Crippen LogP contribution < -0.4 is 5.32 Å². The van der Waals surface area contributed by atoms with Gasteiger partial charge in [-0.1, -0.05) is 12.1 Å². The fourth-order valence-corrected chi connectivity index (χ4v) is 2.99. The number of nitrogens with one attached hydrogen (secondary N) is 2. The van der Waals surface area contributed by atoms with Crippen molar-refractivity contribution in [1.29, 1.82) is 0 Å². The summed E-state index contributed by atoms with van der Waals surface area (Å²) in [5, 5.41) is 10.4. The number of furan rings is 1. The second-order valence-electron chi connectivity index (χ2n) is 5.96. The Morgan fingerprint density at radius 1 is 1.29 bits per heavy atom. The number of hydrogen-bond donors (Lipinski definition) is 2. The van der Waals surface area contributed by atoms with Gasteiger partial charge in [0.2, 0.25) is 5.82 Å². The molecule has 3 aromatic rings. The highest BCUT2D eigenvalue weighted by Crippen LogP contribution is 2.16. The summed E-state index contributed by atoms with van der Waals surface area (Å²) in [6.07, 6.45) is 3.69. The number of H-pyrrole nitrogens is 1. The van der Waals surface area contributed by atoms with Gasteiger partial charge in [-0.15, -0.1) is 40.8 Å². The highest BCUT2D eigenvalue weighted by atomic mass is 127. The van der Waals surface area contributed by atoms with Gasteiger partial charge in [0.05, 0.1) is 6.26 Å². The third-order valence-electron chi connectivity index (χ3n) is 3.93. The quantitative estimate of drug-likeness (QED) is 0.216. The molecular weight excluding hydrogens is 487 g/mol. The van der Waals surface area contributed by atoms with E-state index in [2.05, 4.69) is 67.8 Å². The van der Waals surface area contributed by atoms with Crippen LogP contribution in [0.15, 0.2) is 57.0 Å². The van der Waals surface area contributed by atoms with Gasteiger partial charge in [0.1, 0.15) is 12.4 Å². The molecule has 3 rings (SSSR count). The Morgan fingerprint density at radius 3 is 2.71 bits per heavy atom. The van der Waals surface area contributed by atoms with Gasteiger partial charge in [-0.3, -0.25) is 5.10 Å². The molecule has 0 aliphatic carbocycles. The van der Waals surface area contributed by atoms with Gasteiger partial charge in [-0.05, 0) is 43.0 Å². The normalized spacial score (nSPS) is 11.2. The first-order chi connectivity index (χ1) is 13.2. The number of benzene rings is 1. The minimum atomic E-state index is 0. The highest BCUT2D eigenvalue weighted by molar-refractivity contribution is 14.0. The van der Waals surface area contributed by atoms with Gasteiger partial charge < -0.3 is 14.6 Å². The van der Waals surface area contributed by atoms with Crippen molar-refractivity contribution < 1.29 is 4.42 Å². The molecule has 7 nitrogen and oxygen atoms in total. The first-order valence-electron chi connectivity index (χ1n) is 8.77. The molecule has 2 aromatic heterocycles. The third kappa shape index (κ3) is 5.99. The smallest absolute Gasteiger partial charge is 0.216 e. The summed E-state index contributed by atoms with van der Waals surface area (Å²) in [5.41, 5.74) is 1.24. The molecule has 0 fully saturated rings. The Morgan fingerprint density at radius 2 is 2.07 bits per heavy atom. The molecule has 1 aromatic carbocycles. The number of guanidine groups is 1. The number of thioether (sulfide) groups is 1. The van der Waals surface area contributed by atoms with E-state index >= 15 is 0 Å². The first kappa shape index (κ1) is 22.3. The van der Waals surface area contributed by atoms with Crippen molar-refractivity contribution in [2.24, 2.45) is 4.99 Å². The van der Waals surface area contributed by atoms with Crippen LogP contribution in [0.25, 0.3) is 11.6 Å². The molecule has 9 heteroatoms. The van der Waals surface area contributed by atoms with E-state index in [1.807, 2.05) is 19.2 Å². The van der Waals surface area contributed by atoms with Crippen molar-refractivity contribution in [3.63, 3.8) is 0 Å². The summed E-state index contributed by atoms with van der Waals surface area (Å²) in [5.74, 6) is 2.69. The van der Waals surface area contributed by atoms with Crippen LogP contribution in [0.2, 0.25) is 0 Å². The van der Waals surface area contributed by atoms with Crippen molar-refractivity contribution in [2.45, 2.75) is 24.9 Å². The zero-order valence-corrected chi connectivity index (χ0v) is 19.3. The number of rotatable bonds is 7. The average Bonchev–Trinajstić information content (AvgIpc) is 3.37. The monoisotopic (exact) mass is 512 g/mol. The maximum absolute atomic E-state index is 5.32. The van der Waals surface area contributed by atoms with Crippen LogP contribution in [0, 0.1) is 0 Å². The number of hydrogen-bond acceptors (Lipinski definition) is 5. The van der Waals surface area contributed by atoms with E-state index in [9.17, 15) is 0 Å². The van der Waals surface area contributed by atoms with Crippen LogP contribution in [-0.4, -0.2) is 45.9 Å². The summed E-state index contributed by atoms with van der Waals surface area (Å²) in [4.78, 5) is 12.5. The van der Waals surface area contributed by atoms with Crippen molar-refractivity contribution >= 4 is 41.7 Å². The molecular formula is C19H25IN6OS. The lowest BCUT2D eigenvalue weighted by Gasteiger charge is -2.22. The Hall–Kier alpha value is -2.01. The summed E-state index contributed by atoms with van der Waals surface area (Å²) < 4.78 is 5.32. The summed E-state index contributed by atoms with van der Waals surface area (Å²) in [6.45, 7) is 4.03. The molecule has 0 unspecified atom stereocenters. The lowest BCUT2D eigenvalue weighted by Crippen LogP contribution is -2.38. The van der Waals surface area contributed by atoms with Crippen LogP contribution in [0.5, 0.6) is 0 Å². The fraction of sp³-hybridized carbons (Fsp3) is 0.316. The maximum Gasteiger partial charge on any atom is 0.216 e. The van der Waals surface area contributed by atoms with Gasteiger partial charge >= 0.3 is 0 Å². The predicted molar refractivity (Wildman–Crippen MR) is 124 cm³/mol. The number of nitrogens with zero attached hydrogens (tertiary/aromatic N) is 4. The largest absolute Gasteiger partial charge is 0.461 e. The van der Waals surface area contributed by atoms with E-state index in [0.717, 1.165) is 19.0 Å². The Bertz CT molecular complexity index is 863. The van der Waals surface area contributed by atoms with E-state index in [1.165, 1.54) is 10.5 Å². The summed E-state index contributed by atoms with van der Waals surface area (Å²) >= 11 is 1.74. The van der Waals surface area contributed by atoms with Crippen LogP contribution in [-0.2, 0) is 13.1 Å². The topological polar surface area (TPSA) is 82.3 Å². The molecule has 0 saturated carbocycles. The van der Waals surface area contributed by atoms with Gasteiger partial charge in [0.25, 0.3) is 0 Å². The molecule has 2 N–H and O–H groups in total. The van der Waals surface area contributed by atoms with E-state index in [1.54, 1.807) is 18.0 Å². The maximum atomic E-state index is 5.32. The van der Waals surface area contributed by atoms with Gasteiger partial charge in [-0.25, -0.2) is 9.98 Å². The van der Waals surface area contributed by atoms with Gasteiger partial charge in [0.15, 0.2) is 11.7 Å². The van der Waals surface area contributed by atoms with Crippen LogP contribution in [0.1, 0.15) is 18.3 Å². The number of aliphatic imine (C=N–C) groups is 1.